The van der Waals surface area contributed by atoms with Gasteiger partial charge in [-0.2, -0.15) is 0 Å². The Morgan fingerprint density at radius 3 is 2.19 bits per heavy atom. The molecule has 0 saturated carbocycles. The SMILES string of the molecule is CCOC(=O)CN(CC(=O)OCC)c1cc(-c2ncc(C)o2)ccc1C. The van der Waals surface area contributed by atoms with Crippen molar-refractivity contribution in [1.82, 2.24) is 4.98 Å². The second-order valence-electron chi connectivity index (χ2n) is 5.74. The zero-order chi connectivity index (χ0) is 19.1. The van der Waals surface area contributed by atoms with Crippen LogP contribution in [0, 0.1) is 13.8 Å². The van der Waals surface area contributed by atoms with Gasteiger partial charge in [0.1, 0.15) is 18.8 Å². The summed E-state index contributed by atoms with van der Waals surface area (Å²) in [5.41, 5.74) is 2.39. The molecule has 7 nitrogen and oxygen atoms in total. The van der Waals surface area contributed by atoms with Gasteiger partial charge < -0.3 is 18.8 Å². The number of oxazole rings is 1. The van der Waals surface area contributed by atoms with E-state index in [1.54, 1.807) is 24.9 Å². The standard InChI is InChI=1S/C19H24N2O5/c1-5-24-17(22)11-21(12-18(23)25-6-2)16-9-15(8-7-13(16)3)19-20-10-14(4)26-19/h7-10H,5-6,11-12H2,1-4H3. The lowest BCUT2D eigenvalue weighted by atomic mass is 10.1. The van der Waals surface area contributed by atoms with Crippen molar-refractivity contribution in [2.45, 2.75) is 27.7 Å². The molecule has 0 radical (unpaired) electrons. The molecule has 140 valence electrons. The lowest BCUT2D eigenvalue weighted by molar-refractivity contribution is -0.142. The normalized spacial score (nSPS) is 10.5. The van der Waals surface area contributed by atoms with Gasteiger partial charge in [0.05, 0.1) is 19.4 Å². The van der Waals surface area contributed by atoms with E-state index in [1.807, 2.05) is 32.0 Å². The molecule has 0 saturated heterocycles. The fourth-order valence-corrected chi connectivity index (χ4v) is 2.52. The van der Waals surface area contributed by atoms with Crippen LogP contribution in [0.5, 0.6) is 0 Å². The fraction of sp³-hybridized carbons (Fsp3) is 0.421. The van der Waals surface area contributed by atoms with E-state index in [0.717, 1.165) is 16.8 Å². The van der Waals surface area contributed by atoms with Crippen LogP contribution in [0.2, 0.25) is 0 Å². The van der Waals surface area contributed by atoms with E-state index in [0.29, 0.717) is 11.7 Å². The largest absolute Gasteiger partial charge is 0.465 e. The van der Waals surface area contributed by atoms with E-state index in [4.69, 9.17) is 13.9 Å². The predicted octanol–water partition coefficient (Wildman–Crippen LogP) is 2.89. The summed E-state index contributed by atoms with van der Waals surface area (Å²) >= 11 is 0. The lowest BCUT2D eigenvalue weighted by Gasteiger charge is -2.25. The van der Waals surface area contributed by atoms with E-state index in [1.165, 1.54) is 0 Å². The van der Waals surface area contributed by atoms with E-state index in [-0.39, 0.29) is 26.3 Å². The first-order chi connectivity index (χ1) is 12.4. The van der Waals surface area contributed by atoms with Gasteiger partial charge in [0.25, 0.3) is 0 Å². The maximum atomic E-state index is 12.0. The molecule has 26 heavy (non-hydrogen) atoms. The highest BCUT2D eigenvalue weighted by atomic mass is 16.5. The number of carbonyl (C=O) groups excluding carboxylic acids is 2. The first kappa shape index (κ1) is 19.5. The summed E-state index contributed by atoms with van der Waals surface area (Å²) in [4.78, 5) is 29.8. The van der Waals surface area contributed by atoms with Crippen LogP contribution in [0.15, 0.2) is 28.8 Å². The van der Waals surface area contributed by atoms with Crippen LogP contribution in [0.3, 0.4) is 0 Å². The van der Waals surface area contributed by atoms with Gasteiger partial charge in [-0.1, -0.05) is 6.07 Å². The summed E-state index contributed by atoms with van der Waals surface area (Å²) in [7, 11) is 0. The molecule has 2 rings (SSSR count). The Balaban J connectivity index is 2.35. The Morgan fingerprint density at radius 1 is 1.08 bits per heavy atom. The zero-order valence-electron chi connectivity index (χ0n) is 15.6. The fourth-order valence-electron chi connectivity index (χ4n) is 2.52. The van der Waals surface area contributed by atoms with Crippen LogP contribution >= 0.6 is 0 Å². The number of hydrogen-bond acceptors (Lipinski definition) is 7. The number of carbonyl (C=O) groups is 2. The van der Waals surface area contributed by atoms with Crippen LogP contribution in [-0.2, 0) is 19.1 Å². The molecule has 7 heteroatoms. The van der Waals surface area contributed by atoms with Crippen molar-refractivity contribution in [3.63, 3.8) is 0 Å². The summed E-state index contributed by atoms with van der Waals surface area (Å²) in [5, 5.41) is 0. The van der Waals surface area contributed by atoms with Crippen molar-refractivity contribution in [1.29, 1.82) is 0 Å². The molecular formula is C19H24N2O5. The van der Waals surface area contributed by atoms with Gasteiger partial charge in [-0.25, -0.2) is 4.98 Å². The number of hydrogen-bond donors (Lipinski definition) is 0. The third-order valence-corrected chi connectivity index (χ3v) is 3.67. The van der Waals surface area contributed by atoms with Gasteiger partial charge >= 0.3 is 11.9 Å². The number of nitrogens with zero attached hydrogens (tertiary/aromatic N) is 2. The Kier molecular flexibility index (Phi) is 6.77. The Morgan fingerprint density at radius 2 is 1.69 bits per heavy atom. The Hall–Kier alpha value is -2.83. The zero-order valence-corrected chi connectivity index (χ0v) is 15.6. The van der Waals surface area contributed by atoms with E-state index >= 15 is 0 Å². The van der Waals surface area contributed by atoms with Crippen molar-refractivity contribution in [3.05, 3.63) is 35.7 Å². The number of esters is 2. The number of aromatic nitrogens is 1. The maximum absolute atomic E-state index is 12.0. The van der Waals surface area contributed by atoms with Crippen LogP contribution in [0.25, 0.3) is 11.5 Å². The molecule has 0 spiro atoms. The molecule has 0 unspecified atom stereocenters. The van der Waals surface area contributed by atoms with Crippen molar-refractivity contribution < 1.29 is 23.5 Å². The molecule has 0 N–H and O–H groups in total. The summed E-state index contributed by atoms with van der Waals surface area (Å²) in [5.74, 6) is 0.370. The molecule has 2 aromatic rings. The summed E-state index contributed by atoms with van der Waals surface area (Å²) in [6.45, 7) is 7.65. The average Bonchev–Trinajstić information content (AvgIpc) is 3.01. The highest BCUT2D eigenvalue weighted by Crippen LogP contribution is 2.28. The van der Waals surface area contributed by atoms with E-state index < -0.39 is 11.9 Å². The second kappa shape index (κ2) is 9.03. The molecule has 1 aromatic heterocycles. The molecular weight excluding hydrogens is 336 g/mol. The minimum Gasteiger partial charge on any atom is -0.465 e. The topological polar surface area (TPSA) is 81.9 Å². The number of anilines is 1. The first-order valence-electron chi connectivity index (χ1n) is 8.54. The maximum Gasteiger partial charge on any atom is 0.325 e. The van der Waals surface area contributed by atoms with Crippen LogP contribution in [0.1, 0.15) is 25.2 Å². The van der Waals surface area contributed by atoms with Crippen LogP contribution < -0.4 is 4.90 Å². The number of ether oxygens (including phenoxy) is 2. The van der Waals surface area contributed by atoms with Crippen LogP contribution in [0.4, 0.5) is 5.69 Å². The van der Waals surface area contributed by atoms with Gasteiger partial charge in [0.15, 0.2) is 0 Å². The summed E-state index contributed by atoms with van der Waals surface area (Å²) < 4.78 is 15.6. The summed E-state index contributed by atoms with van der Waals surface area (Å²) in [6, 6.07) is 5.63. The minimum atomic E-state index is -0.409. The Labute approximate surface area is 152 Å². The number of benzene rings is 1. The lowest BCUT2D eigenvalue weighted by Crippen LogP contribution is -2.36. The molecule has 1 heterocycles. The third-order valence-electron chi connectivity index (χ3n) is 3.67. The third kappa shape index (κ3) is 5.08. The smallest absolute Gasteiger partial charge is 0.325 e. The molecule has 0 aliphatic heterocycles. The van der Waals surface area contributed by atoms with Crippen molar-refractivity contribution in [2.75, 3.05) is 31.2 Å². The van der Waals surface area contributed by atoms with Crippen molar-refractivity contribution in [3.8, 4) is 11.5 Å². The second-order valence-corrected chi connectivity index (χ2v) is 5.74. The van der Waals surface area contributed by atoms with E-state index in [9.17, 15) is 9.59 Å². The van der Waals surface area contributed by atoms with Gasteiger partial charge in [-0.3, -0.25) is 9.59 Å². The van der Waals surface area contributed by atoms with E-state index in [2.05, 4.69) is 4.98 Å². The average molecular weight is 360 g/mol. The van der Waals surface area contributed by atoms with Gasteiger partial charge in [-0.15, -0.1) is 0 Å². The minimum absolute atomic E-state index is 0.0540. The number of aryl methyl sites for hydroxylation is 2. The van der Waals surface area contributed by atoms with Crippen molar-refractivity contribution in [2.24, 2.45) is 0 Å². The predicted molar refractivity (Wildman–Crippen MR) is 96.9 cm³/mol. The van der Waals surface area contributed by atoms with Gasteiger partial charge in [-0.05, 0) is 45.4 Å². The Bertz CT molecular complexity index is 749. The summed E-state index contributed by atoms with van der Waals surface area (Å²) in [6.07, 6.45) is 1.64. The van der Waals surface area contributed by atoms with Crippen molar-refractivity contribution >= 4 is 17.6 Å². The monoisotopic (exact) mass is 360 g/mol. The van der Waals surface area contributed by atoms with Gasteiger partial charge in [0, 0.05) is 11.3 Å². The first-order valence-corrected chi connectivity index (χ1v) is 8.54. The quantitative estimate of drug-likeness (QED) is 0.669. The number of rotatable bonds is 8. The molecule has 0 aliphatic rings. The molecule has 0 bridgehead atoms. The van der Waals surface area contributed by atoms with Gasteiger partial charge in [0.2, 0.25) is 5.89 Å². The molecule has 0 amide bonds. The molecule has 0 fully saturated rings. The molecule has 0 aliphatic carbocycles. The van der Waals surface area contributed by atoms with Crippen LogP contribution in [-0.4, -0.2) is 43.2 Å². The highest BCUT2D eigenvalue weighted by molar-refractivity contribution is 5.82. The molecule has 1 aromatic carbocycles. The highest BCUT2D eigenvalue weighted by Gasteiger charge is 2.20. The molecule has 0 atom stereocenters.